The van der Waals surface area contributed by atoms with Crippen LogP contribution in [0.1, 0.15) is 17.5 Å². The number of ether oxygens (including phenoxy) is 2. The molecule has 3 rings (SSSR count). The van der Waals surface area contributed by atoms with Crippen molar-refractivity contribution in [1.29, 1.82) is 5.26 Å². The number of esters is 1. The number of anilines is 1. The molecule has 126 valence electrons. The molecular formula is C19H16N2O4. The number of fused-ring (bicyclic) bond motifs is 1. The minimum absolute atomic E-state index is 0.0501. The standard InChI is InChI=1S/C19H16N2O4/c20-11-14-4-3-5-15(10-14)13-25-19(23)12-21-16-6-1-2-7-17(16)24-9-8-18(21)22/h1-7,10H,8-9,12-13H2. The van der Waals surface area contributed by atoms with E-state index in [4.69, 9.17) is 14.7 Å². The molecule has 2 aromatic carbocycles. The number of carbonyl (C=O) groups excluding carboxylic acids is 2. The summed E-state index contributed by atoms with van der Waals surface area (Å²) in [5.74, 6) is -0.135. The van der Waals surface area contributed by atoms with E-state index in [1.54, 1.807) is 42.5 Å². The Kier molecular flexibility index (Phi) is 4.95. The zero-order valence-electron chi connectivity index (χ0n) is 13.5. The zero-order chi connectivity index (χ0) is 17.6. The summed E-state index contributed by atoms with van der Waals surface area (Å²) in [6, 6.07) is 16.0. The summed E-state index contributed by atoms with van der Waals surface area (Å²) in [5, 5.41) is 8.89. The van der Waals surface area contributed by atoms with Crippen LogP contribution in [0.3, 0.4) is 0 Å². The average Bonchev–Trinajstić information content (AvgIpc) is 2.79. The van der Waals surface area contributed by atoms with E-state index >= 15 is 0 Å². The lowest BCUT2D eigenvalue weighted by molar-refractivity contribution is -0.144. The Morgan fingerprint density at radius 3 is 2.92 bits per heavy atom. The van der Waals surface area contributed by atoms with E-state index in [0.29, 0.717) is 17.0 Å². The number of carbonyl (C=O) groups is 2. The molecule has 0 saturated heterocycles. The molecule has 0 radical (unpaired) electrons. The van der Waals surface area contributed by atoms with Crippen LogP contribution < -0.4 is 9.64 Å². The highest BCUT2D eigenvalue weighted by molar-refractivity contribution is 5.99. The van der Waals surface area contributed by atoms with E-state index in [2.05, 4.69) is 0 Å². The molecule has 0 aromatic heterocycles. The van der Waals surface area contributed by atoms with Crippen LogP contribution in [-0.2, 0) is 20.9 Å². The number of rotatable bonds is 4. The van der Waals surface area contributed by atoms with Gasteiger partial charge in [0.25, 0.3) is 0 Å². The van der Waals surface area contributed by atoms with Gasteiger partial charge in [0.2, 0.25) is 5.91 Å². The number of hydrogen-bond donors (Lipinski definition) is 0. The number of nitriles is 1. The van der Waals surface area contributed by atoms with Crippen molar-refractivity contribution < 1.29 is 19.1 Å². The van der Waals surface area contributed by atoms with Gasteiger partial charge in [-0.15, -0.1) is 0 Å². The second kappa shape index (κ2) is 7.49. The lowest BCUT2D eigenvalue weighted by atomic mass is 10.1. The predicted octanol–water partition coefficient (Wildman–Crippen LogP) is 2.42. The summed E-state index contributed by atoms with van der Waals surface area (Å²) < 4.78 is 10.8. The van der Waals surface area contributed by atoms with Gasteiger partial charge in [-0.2, -0.15) is 5.26 Å². The number of benzene rings is 2. The van der Waals surface area contributed by atoms with Gasteiger partial charge in [0, 0.05) is 0 Å². The minimum atomic E-state index is -0.521. The molecule has 0 saturated carbocycles. The van der Waals surface area contributed by atoms with Crippen molar-refractivity contribution in [2.24, 2.45) is 0 Å². The Morgan fingerprint density at radius 2 is 2.08 bits per heavy atom. The Labute approximate surface area is 145 Å². The first kappa shape index (κ1) is 16.5. The van der Waals surface area contributed by atoms with E-state index in [-0.39, 0.29) is 32.1 Å². The van der Waals surface area contributed by atoms with Crippen LogP contribution in [0.5, 0.6) is 5.75 Å². The summed E-state index contributed by atoms with van der Waals surface area (Å²) in [7, 11) is 0. The van der Waals surface area contributed by atoms with Crippen molar-refractivity contribution in [3.63, 3.8) is 0 Å². The van der Waals surface area contributed by atoms with Crippen LogP contribution in [0.2, 0.25) is 0 Å². The third kappa shape index (κ3) is 3.96. The van der Waals surface area contributed by atoms with E-state index in [1.165, 1.54) is 4.90 Å². The second-order valence-corrected chi connectivity index (χ2v) is 5.52. The van der Waals surface area contributed by atoms with Gasteiger partial charge in [0.05, 0.1) is 30.3 Å². The van der Waals surface area contributed by atoms with Gasteiger partial charge in [-0.1, -0.05) is 24.3 Å². The molecule has 25 heavy (non-hydrogen) atoms. The van der Waals surface area contributed by atoms with Crippen molar-refractivity contribution in [2.75, 3.05) is 18.1 Å². The molecule has 0 fully saturated rings. The monoisotopic (exact) mass is 336 g/mol. The summed E-state index contributed by atoms with van der Waals surface area (Å²) in [6.07, 6.45) is 0.201. The van der Waals surface area contributed by atoms with E-state index in [1.807, 2.05) is 12.1 Å². The SMILES string of the molecule is N#Cc1cccc(COC(=O)CN2C(=O)CCOc3ccccc32)c1. The van der Waals surface area contributed by atoms with Crippen molar-refractivity contribution in [2.45, 2.75) is 13.0 Å². The van der Waals surface area contributed by atoms with Crippen molar-refractivity contribution >= 4 is 17.6 Å². The molecule has 0 spiro atoms. The maximum absolute atomic E-state index is 12.3. The van der Waals surface area contributed by atoms with Gasteiger partial charge in [-0.05, 0) is 29.8 Å². The van der Waals surface area contributed by atoms with Gasteiger partial charge < -0.3 is 9.47 Å². The number of para-hydroxylation sites is 2. The van der Waals surface area contributed by atoms with Gasteiger partial charge in [0.15, 0.2) is 0 Å². The van der Waals surface area contributed by atoms with Crippen LogP contribution in [-0.4, -0.2) is 25.0 Å². The third-order valence-corrected chi connectivity index (χ3v) is 3.77. The quantitative estimate of drug-likeness (QED) is 0.801. The first-order valence-corrected chi connectivity index (χ1v) is 7.84. The largest absolute Gasteiger partial charge is 0.491 e. The smallest absolute Gasteiger partial charge is 0.326 e. The molecule has 0 atom stereocenters. The molecule has 0 N–H and O–H groups in total. The molecule has 0 unspecified atom stereocenters. The second-order valence-electron chi connectivity index (χ2n) is 5.52. The first-order valence-electron chi connectivity index (χ1n) is 7.84. The van der Waals surface area contributed by atoms with E-state index in [0.717, 1.165) is 5.56 Å². The third-order valence-electron chi connectivity index (χ3n) is 3.77. The molecule has 6 heteroatoms. The van der Waals surface area contributed by atoms with E-state index in [9.17, 15) is 9.59 Å². The van der Waals surface area contributed by atoms with Crippen molar-refractivity contribution in [3.05, 3.63) is 59.7 Å². The maximum atomic E-state index is 12.3. The molecule has 2 aromatic rings. The summed E-state index contributed by atoms with van der Waals surface area (Å²) >= 11 is 0. The highest BCUT2D eigenvalue weighted by Crippen LogP contribution is 2.30. The Hall–Kier alpha value is -3.33. The van der Waals surface area contributed by atoms with Crippen LogP contribution in [0.15, 0.2) is 48.5 Å². The minimum Gasteiger partial charge on any atom is -0.491 e. The zero-order valence-corrected chi connectivity index (χ0v) is 13.5. The molecule has 1 amide bonds. The van der Waals surface area contributed by atoms with Gasteiger partial charge in [-0.3, -0.25) is 14.5 Å². The Balaban J connectivity index is 1.67. The van der Waals surface area contributed by atoms with Crippen molar-refractivity contribution in [1.82, 2.24) is 0 Å². The van der Waals surface area contributed by atoms with Crippen LogP contribution in [0, 0.1) is 11.3 Å². The van der Waals surface area contributed by atoms with Gasteiger partial charge in [-0.25, -0.2) is 0 Å². The summed E-state index contributed by atoms with van der Waals surface area (Å²) in [4.78, 5) is 25.8. The summed E-state index contributed by atoms with van der Waals surface area (Å²) in [6.45, 7) is 0.147. The highest BCUT2D eigenvalue weighted by atomic mass is 16.5. The molecule has 1 heterocycles. The topological polar surface area (TPSA) is 79.6 Å². The lowest BCUT2D eigenvalue weighted by Crippen LogP contribution is -2.36. The van der Waals surface area contributed by atoms with Gasteiger partial charge >= 0.3 is 5.97 Å². The number of hydrogen-bond acceptors (Lipinski definition) is 5. The molecule has 1 aliphatic heterocycles. The van der Waals surface area contributed by atoms with Crippen LogP contribution >= 0.6 is 0 Å². The predicted molar refractivity (Wildman–Crippen MR) is 89.9 cm³/mol. The molecule has 0 aliphatic carbocycles. The van der Waals surface area contributed by atoms with Crippen LogP contribution in [0.4, 0.5) is 5.69 Å². The molecule has 1 aliphatic rings. The lowest BCUT2D eigenvalue weighted by Gasteiger charge is -2.20. The molecule has 6 nitrogen and oxygen atoms in total. The fourth-order valence-electron chi connectivity index (χ4n) is 2.56. The summed E-state index contributed by atoms with van der Waals surface area (Å²) in [5.41, 5.74) is 1.79. The fraction of sp³-hybridized carbons (Fsp3) is 0.211. The Bertz CT molecular complexity index is 841. The molecule has 0 bridgehead atoms. The van der Waals surface area contributed by atoms with Crippen molar-refractivity contribution in [3.8, 4) is 11.8 Å². The normalized spacial score (nSPS) is 13.2. The van der Waals surface area contributed by atoms with Gasteiger partial charge in [0.1, 0.15) is 18.9 Å². The first-order chi connectivity index (χ1) is 12.2. The fourth-order valence-corrected chi connectivity index (χ4v) is 2.56. The van der Waals surface area contributed by atoms with Crippen LogP contribution in [0.25, 0.3) is 0 Å². The highest BCUT2D eigenvalue weighted by Gasteiger charge is 2.25. The maximum Gasteiger partial charge on any atom is 0.326 e. The Morgan fingerprint density at radius 1 is 1.24 bits per heavy atom. The number of nitrogens with zero attached hydrogens (tertiary/aromatic N) is 2. The molecular weight excluding hydrogens is 320 g/mol. The average molecular weight is 336 g/mol. The number of amides is 1. The van der Waals surface area contributed by atoms with E-state index < -0.39 is 5.97 Å².